The zero-order valence-electron chi connectivity index (χ0n) is 21.2. The number of rotatable bonds is 7. The Hall–Kier alpha value is -3.55. The number of hydrogen-bond donors (Lipinski definition) is 1. The van der Waals surface area contributed by atoms with E-state index in [9.17, 15) is 9.59 Å². The van der Waals surface area contributed by atoms with Crippen molar-refractivity contribution in [3.8, 4) is 21.6 Å². The third-order valence-electron chi connectivity index (χ3n) is 7.06. The molecule has 5 nitrogen and oxygen atoms in total. The number of carbonyl (C=O) groups is 2. The van der Waals surface area contributed by atoms with Crippen LogP contribution >= 0.6 is 23.1 Å². The highest BCUT2D eigenvalue weighted by atomic mass is 35.5. The largest absolute Gasteiger partial charge is 0.441 e. The van der Waals surface area contributed by atoms with Crippen LogP contribution in [0.25, 0.3) is 21.6 Å². The molecule has 4 aromatic rings. The van der Waals surface area contributed by atoms with Gasteiger partial charge in [0, 0.05) is 16.1 Å². The molecule has 0 aliphatic heterocycles. The second kappa shape index (κ2) is 10.3. The second-order valence-electron chi connectivity index (χ2n) is 9.66. The van der Waals surface area contributed by atoms with Crippen LogP contribution in [0.15, 0.2) is 60.7 Å². The van der Waals surface area contributed by atoms with Crippen molar-refractivity contribution in [3.05, 3.63) is 93.9 Å². The summed E-state index contributed by atoms with van der Waals surface area (Å²) >= 11 is 7.34. The van der Waals surface area contributed by atoms with Gasteiger partial charge in [-0.2, -0.15) is 4.37 Å². The lowest BCUT2D eigenvalue weighted by Gasteiger charge is -2.16. The van der Waals surface area contributed by atoms with Crippen molar-refractivity contribution in [2.24, 2.45) is 0 Å². The molecule has 1 amide bonds. The average molecular weight is 549 g/mol. The lowest BCUT2D eigenvalue weighted by Crippen LogP contribution is -2.17. The van der Waals surface area contributed by atoms with Gasteiger partial charge in [-0.1, -0.05) is 54.1 Å². The van der Waals surface area contributed by atoms with Crippen molar-refractivity contribution in [1.29, 1.82) is 0 Å². The molecule has 0 bridgehead atoms. The normalized spacial score (nSPS) is 14.6. The summed E-state index contributed by atoms with van der Waals surface area (Å²) in [7, 11) is 0. The predicted octanol–water partition coefficient (Wildman–Crippen LogP) is 8.43. The minimum absolute atomic E-state index is 0.345. The highest BCUT2D eigenvalue weighted by molar-refractivity contribution is 7.10. The standard InChI is InChI=1S/C30H26ClFN2O3S/c1-17-14-24(26(32)15-23(17)20-8-10-21(11-9-20)30(16-35)12-13-30)28-27(18(2)34-38-28)33-29(36)37-19(3)22-6-4-5-7-25(22)31/h4-11,14-16,19H,12-13H2,1-3H3,(H,33,36)/t19-/m1/s1. The Morgan fingerprint density at radius 1 is 1.13 bits per heavy atom. The Morgan fingerprint density at radius 3 is 2.50 bits per heavy atom. The average Bonchev–Trinajstić information content (AvgIpc) is 3.63. The molecule has 1 fully saturated rings. The van der Waals surface area contributed by atoms with E-state index < -0.39 is 18.0 Å². The van der Waals surface area contributed by atoms with E-state index >= 15 is 4.39 Å². The fraction of sp³-hybridized carbons (Fsp3) is 0.233. The van der Waals surface area contributed by atoms with Crippen molar-refractivity contribution in [1.82, 2.24) is 4.37 Å². The molecule has 1 aliphatic rings. The minimum atomic E-state index is -0.681. The summed E-state index contributed by atoms with van der Waals surface area (Å²) in [4.78, 5) is 24.7. The van der Waals surface area contributed by atoms with Crippen molar-refractivity contribution in [3.63, 3.8) is 0 Å². The van der Waals surface area contributed by atoms with Crippen molar-refractivity contribution in [2.45, 2.75) is 45.1 Å². The van der Waals surface area contributed by atoms with Gasteiger partial charge in [-0.25, -0.2) is 9.18 Å². The number of aldehydes is 1. The zero-order valence-corrected chi connectivity index (χ0v) is 22.8. The lowest BCUT2D eigenvalue weighted by atomic mass is 9.93. The third kappa shape index (κ3) is 4.96. The molecule has 1 saturated carbocycles. The van der Waals surface area contributed by atoms with Crippen LogP contribution in [-0.4, -0.2) is 16.8 Å². The molecule has 0 unspecified atom stereocenters. The van der Waals surface area contributed by atoms with Gasteiger partial charge in [-0.05, 0) is 85.6 Å². The Labute approximate surface area is 229 Å². The van der Waals surface area contributed by atoms with Gasteiger partial charge in [0.2, 0.25) is 0 Å². The molecule has 1 atom stereocenters. The fourth-order valence-corrected chi connectivity index (χ4v) is 5.77. The summed E-state index contributed by atoms with van der Waals surface area (Å²) < 4.78 is 25.4. The van der Waals surface area contributed by atoms with Crippen molar-refractivity contribution in [2.75, 3.05) is 5.32 Å². The van der Waals surface area contributed by atoms with E-state index in [0.29, 0.717) is 32.4 Å². The van der Waals surface area contributed by atoms with Crippen molar-refractivity contribution >= 4 is 41.2 Å². The van der Waals surface area contributed by atoms with Gasteiger partial charge in [-0.15, -0.1) is 0 Å². The molecular weight excluding hydrogens is 523 g/mol. The number of anilines is 1. The van der Waals surface area contributed by atoms with E-state index in [2.05, 4.69) is 9.69 Å². The molecule has 38 heavy (non-hydrogen) atoms. The maximum absolute atomic E-state index is 15.5. The van der Waals surface area contributed by atoms with Gasteiger partial charge in [0.05, 0.1) is 21.7 Å². The van der Waals surface area contributed by atoms with Gasteiger partial charge >= 0.3 is 6.09 Å². The predicted molar refractivity (Wildman–Crippen MR) is 149 cm³/mol. The SMILES string of the molecule is Cc1cc(-c2snc(C)c2NC(=O)O[C@H](C)c2ccccc2Cl)c(F)cc1-c1ccc(C2(C=O)CC2)cc1. The molecule has 1 aliphatic carbocycles. The Balaban J connectivity index is 1.38. The van der Waals surface area contributed by atoms with Crippen LogP contribution in [0.2, 0.25) is 5.02 Å². The van der Waals surface area contributed by atoms with E-state index in [1.54, 1.807) is 38.1 Å². The number of benzene rings is 3. The van der Waals surface area contributed by atoms with Crippen LogP contribution in [0.1, 0.15) is 48.3 Å². The van der Waals surface area contributed by atoms with Gasteiger partial charge in [0.15, 0.2) is 0 Å². The lowest BCUT2D eigenvalue weighted by molar-refractivity contribution is -0.109. The minimum Gasteiger partial charge on any atom is -0.441 e. The first-order valence-corrected chi connectivity index (χ1v) is 13.4. The molecule has 194 valence electrons. The van der Waals surface area contributed by atoms with Crippen molar-refractivity contribution < 1.29 is 18.7 Å². The highest BCUT2D eigenvalue weighted by Gasteiger charge is 2.44. The number of nitrogens with zero attached hydrogens (tertiary/aromatic N) is 1. The summed E-state index contributed by atoms with van der Waals surface area (Å²) in [6.45, 7) is 5.40. The maximum Gasteiger partial charge on any atom is 0.412 e. The van der Waals surface area contributed by atoms with Gasteiger partial charge in [0.1, 0.15) is 18.2 Å². The molecule has 8 heteroatoms. The molecule has 0 saturated heterocycles. The van der Waals surface area contributed by atoms with Crippen LogP contribution in [0, 0.1) is 19.7 Å². The number of hydrogen-bond acceptors (Lipinski definition) is 5. The van der Waals surface area contributed by atoms with Crippen LogP contribution in [0.3, 0.4) is 0 Å². The number of aryl methyl sites for hydroxylation is 2. The summed E-state index contributed by atoms with van der Waals surface area (Å²) in [5.74, 6) is -0.425. The summed E-state index contributed by atoms with van der Waals surface area (Å²) in [5.41, 5.74) is 5.16. The quantitative estimate of drug-likeness (QED) is 0.235. The fourth-order valence-electron chi connectivity index (χ4n) is 4.62. The topological polar surface area (TPSA) is 68.3 Å². The molecule has 1 N–H and O–H groups in total. The van der Waals surface area contributed by atoms with Gasteiger partial charge in [0.25, 0.3) is 0 Å². The summed E-state index contributed by atoms with van der Waals surface area (Å²) in [6.07, 6.45) is 1.51. The summed E-state index contributed by atoms with van der Waals surface area (Å²) in [5, 5.41) is 3.26. The molecule has 5 rings (SSSR count). The molecule has 1 heterocycles. The van der Waals surface area contributed by atoms with Crippen LogP contribution in [0.4, 0.5) is 14.9 Å². The molecule has 0 radical (unpaired) electrons. The summed E-state index contributed by atoms with van der Waals surface area (Å²) in [6, 6.07) is 18.2. The highest BCUT2D eigenvalue weighted by Crippen LogP contribution is 2.46. The van der Waals surface area contributed by atoms with Gasteiger partial charge in [-0.3, -0.25) is 5.32 Å². The first-order chi connectivity index (χ1) is 18.2. The number of aromatic nitrogens is 1. The number of amides is 1. The first-order valence-electron chi connectivity index (χ1n) is 12.3. The first kappa shape index (κ1) is 26.1. The number of nitrogens with one attached hydrogen (secondary N) is 1. The molecule has 3 aromatic carbocycles. The van der Waals surface area contributed by atoms with E-state index in [-0.39, 0.29) is 5.41 Å². The molecule has 0 spiro atoms. The van der Waals surface area contributed by atoms with E-state index in [1.165, 1.54) is 6.07 Å². The Kier molecular flexibility index (Phi) is 7.07. The smallest absolute Gasteiger partial charge is 0.412 e. The monoisotopic (exact) mass is 548 g/mol. The van der Waals surface area contributed by atoms with Crippen LogP contribution in [-0.2, 0) is 14.9 Å². The number of carbonyl (C=O) groups excluding carboxylic acids is 2. The van der Waals surface area contributed by atoms with Gasteiger partial charge < -0.3 is 9.53 Å². The Morgan fingerprint density at radius 2 is 1.84 bits per heavy atom. The van der Waals surface area contributed by atoms with E-state index in [4.69, 9.17) is 16.3 Å². The van der Waals surface area contributed by atoms with E-state index in [1.807, 2.05) is 37.3 Å². The third-order valence-corrected chi connectivity index (χ3v) is 8.38. The maximum atomic E-state index is 15.5. The molecule has 1 aromatic heterocycles. The van der Waals surface area contributed by atoms with Crippen LogP contribution in [0.5, 0.6) is 0 Å². The number of halogens is 2. The van der Waals surface area contributed by atoms with E-state index in [0.717, 1.165) is 52.9 Å². The molecular formula is C30H26ClFN2O3S. The van der Waals surface area contributed by atoms with Crippen LogP contribution < -0.4 is 5.32 Å². The Bertz CT molecular complexity index is 1530. The zero-order chi connectivity index (χ0) is 27.0. The second-order valence-corrected chi connectivity index (χ2v) is 10.8. The number of ether oxygens (including phenoxy) is 1.